The van der Waals surface area contributed by atoms with Gasteiger partial charge in [0.1, 0.15) is 0 Å². The number of nitrogens with zero attached hydrogens (tertiary/aromatic N) is 1. The third-order valence-corrected chi connectivity index (χ3v) is 5.78. The lowest BCUT2D eigenvalue weighted by atomic mass is 10.1. The van der Waals surface area contributed by atoms with Gasteiger partial charge < -0.3 is 5.32 Å². The topological polar surface area (TPSA) is 49.4 Å². The lowest BCUT2D eigenvalue weighted by Gasteiger charge is -2.29. The van der Waals surface area contributed by atoms with E-state index in [4.69, 9.17) is 0 Å². The fraction of sp³-hybridized carbons (Fsp3) is 0.625. The number of sulfonamides is 1. The number of anilines is 1. The Morgan fingerprint density at radius 2 is 1.57 bits per heavy atom. The van der Waals surface area contributed by atoms with Crippen molar-refractivity contribution in [2.24, 2.45) is 5.92 Å². The Kier molecular flexibility index (Phi) is 5.82. The summed E-state index contributed by atoms with van der Waals surface area (Å²) in [7, 11) is -1.64. The summed E-state index contributed by atoms with van der Waals surface area (Å²) in [6, 6.07) is 3.71. The van der Waals surface area contributed by atoms with Gasteiger partial charge in [-0.2, -0.15) is 4.31 Å². The lowest BCUT2D eigenvalue weighted by molar-refractivity contribution is 0.318. The number of rotatable bonds is 6. The van der Waals surface area contributed by atoms with Gasteiger partial charge in [0.2, 0.25) is 10.0 Å². The standard InChI is InChI=1S/C16H28N2O2S/c1-11(2)10-18(12(3)4)21(19,20)16-13(5)8-15(17-7)9-14(16)6/h8-9,11-12,17H,10H2,1-7H3. The molecule has 120 valence electrons. The molecule has 0 spiro atoms. The van der Waals surface area contributed by atoms with Crippen molar-refractivity contribution in [3.05, 3.63) is 23.3 Å². The van der Waals surface area contributed by atoms with Crippen LogP contribution in [0.2, 0.25) is 0 Å². The first-order chi connectivity index (χ1) is 9.61. The third kappa shape index (κ3) is 3.98. The molecule has 0 radical (unpaired) electrons. The van der Waals surface area contributed by atoms with Gasteiger partial charge in [-0.25, -0.2) is 8.42 Å². The average Bonchev–Trinajstić information content (AvgIpc) is 2.33. The van der Waals surface area contributed by atoms with Crippen LogP contribution in [0.25, 0.3) is 0 Å². The third-order valence-electron chi connectivity index (χ3n) is 3.44. The van der Waals surface area contributed by atoms with Crippen LogP contribution in [0.4, 0.5) is 5.69 Å². The smallest absolute Gasteiger partial charge is 0.243 e. The molecule has 0 heterocycles. The number of aryl methyl sites for hydroxylation is 2. The van der Waals surface area contributed by atoms with Crippen molar-refractivity contribution in [3.63, 3.8) is 0 Å². The second-order valence-corrected chi connectivity index (χ2v) is 8.08. The molecule has 0 unspecified atom stereocenters. The summed E-state index contributed by atoms with van der Waals surface area (Å²) in [4.78, 5) is 0.441. The summed E-state index contributed by atoms with van der Waals surface area (Å²) in [5, 5.41) is 3.06. The highest BCUT2D eigenvalue weighted by atomic mass is 32.2. The Bertz CT molecular complexity index is 569. The molecule has 1 N–H and O–H groups in total. The summed E-state index contributed by atoms with van der Waals surface area (Å²) in [5.74, 6) is 0.291. The van der Waals surface area contributed by atoms with E-state index in [-0.39, 0.29) is 6.04 Å². The van der Waals surface area contributed by atoms with Gasteiger partial charge in [-0.15, -0.1) is 0 Å². The van der Waals surface area contributed by atoms with Crippen molar-refractivity contribution in [2.45, 2.75) is 52.5 Å². The SMILES string of the molecule is CNc1cc(C)c(S(=O)(=O)N(CC(C)C)C(C)C)c(C)c1. The minimum Gasteiger partial charge on any atom is -0.388 e. The Hall–Kier alpha value is -1.07. The first-order valence-electron chi connectivity index (χ1n) is 7.42. The maximum atomic E-state index is 13.1. The zero-order valence-electron chi connectivity index (χ0n) is 14.2. The molecule has 0 aliphatic carbocycles. The molecule has 0 saturated heterocycles. The minimum atomic E-state index is -3.48. The maximum Gasteiger partial charge on any atom is 0.243 e. The van der Waals surface area contributed by atoms with Crippen LogP contribution < -0.4 is 5.32 Å². The highest BCUT2D eigenvalue weighted by Crippen LogP contribution is 2.28. The predicted molar refractivity (Wildman–Crippen MR) is 89.3 cm³/mol. The Morgan fingerprint density at radius 3 is 1.90 bits per heavy atom. The van der Waals surface area contributed by atoms with Crippen molar-refractivity contribution in [2.75, 3.05) is 18.9 Å². The van der Waals surface area contributed by atoms with Gasteiger partial charge in [0.25, 0.3) is 0 Å². The van der Waals surface area contributed by atoms with Crippen LogP contribution in [0.5, 0.6) is 0 Å². The Balaban J connectivity index is 3.41. The maximum absolute atomic E-state index is 13.1. The molecule has 1 aromatic rings. The molecule has 1 rings (SSSR count). The quantitative estimate of drug-likeness (QED) is 0.876. The van der Waals surface area contributed by atoms with Crippen LogP contribution in [0.1, 0.15) is 38.8 Å². The van der Waals surface area contributed by atoms with E-state index in [0.717, 1.165) is 16.8 Å². The molecule has 0 aromatic heterocycles. The molecule has 1 aromatic carbocycles. The summed E-state index contributed by atoms with van der Waals surface area (Å²) in [6.45, 7) is 12.2. The highest BCUT2D eigenvalue weighted by Gasteiger charge is 2.30. The van der Waals surface area contributed by atoms with E-state index in [1.165, 1.54) is 0 Å². The summed E-state index contributed by atoms with van der Waals surface area (Å²) < 4.78 is 27.7. The summed E-state index contributed by atoms with van der Waals surface area (Å²) in [6.07, 6.45) is 0. The summed E-state index contributed by atoms with van der Waals surface area (Å²) in [5.41, 5.74) is 2.51. The van der Waals surface area contributed by atoms with Crippen molar-refractivity contribution in [1.29, 1.82) is 0 Å². The van der Waals surface area contributed by atoms with Crippen molar-refractivity contribution in [3.8, 4) is 0 Å². The van der Waals surface area contributed by atoms with E-state index in [9.17, 15) is 8.42 Å². The van der Waals surface area contributed by atoms with E-state index in [1.54, 1.807) is 4.31 Å². The molecule has 0 aliphatic rings. The number of benzene rings is 1. The van der Waals surface area contributed by atoms with Crippen LogP contribution in [-0.2, 0) is 10.0 Å². The second kappa shape index (κ2) is 6.79. The van der Waals surface area contributed by atoms with Gasteiger partial charge in [-0.1, -0.05) is 13.8 Å². The van der Waals surface area contributed by atoms with Gasteiger partial charge in [-0.3, -0.25) is 0 Å². The van der Waals surface area contributed by atoms with Gasteiger partial charge in [-0.05, 0) is 56.9 Å². The highest BCUT2D eigenvalue weighted by molar-refractivity contribution is 7.89. The van der Waals surface area contributed by atoms with Crippen LogP contribution in [0.15, 0.2) is 17.0 Å². The van der Waals surface area contributed by atoms with Crippen LogP contribution >= 0.6 is 0 Å². The Labute approximate surface area is 129 Å². The molecule has 0 saturated carbocycles. The van der Waals surface area contributed by atoms with Gasteiger partial charge in [0.15, 0.2) is 0 Å². The zero-order valence-corrected chi connectivity index (χ0v) is 15.0. The van der Waals surface area contributed by atoms with Crippen molar-refractivity contribution >= 4 is 15.7 Å². The van der Waals surface area contributed by atoms with E-state index in [0.29, 0.717) is 17.4 Å². The second-order valence-electron chi connectivity index (χ2n) is 6.25. The molecular formula is C16H28N2O2S. The number of nitrogens with one attached hydrogen (secondary N) is 1. The zero-order chi connectivity index (χ0) is 16.4. The van der Waals surface area contributed by atoms with E-state index >= 15 is 0 Å². The molecule has 0 bridgehead atoms. The average molecular weight is 312 g/mol. The number of hydrogen-bond donors (Lipinski definition) is 1. The van der Waals surface area contributed by atoms with Gasteiger partial charge in [0.05, 0.1) is 4.90 Å². The van der Waals surface area contributed by atoms with E-state index in [1.807, 2.05) is 60.7 Å². The monoisotopic (exact) mass is 312 g/mol. The molecule has 0 amide bonds. The first-order valence-corrected chi connectivity index (χ1v) is 8.86. The molecule has 0 atom stereocenters. The molecule has 0 aliphatic heterocycles. The molecular weight excluding hydrogens is 284 g/mol. The van der Waals surface area contributed by atoms with Crippen molar-refractivity contribution < 1.29 is 8.42 Å². The van der Waals surface area contributed by atoms with E-state index in [2.05, 4.69) is 5.32 Å². The van der Waals surface area contributed by atoms with Gasteiger partial charge >= 0.3 is 0 Å². The van der Waals surface area contributed by atoms with Gasteiger partial charge in [0, 0.05) is 25.3 Å². The minimum absolute atomic E-state index is 0.0554. The first kappa shape index (κ1) is 18.0. The fourth-order valence-corrected chi connectivity index (χ4v) is 4.78. The molecule has 0 fully saturated rings. The van der Waals surface area contributed by atoms with Crippen LogP contribution in [0.3, 0.4) is 0 Å². The number of hydrogen-bond acceptors (Lipinski definition) is 3. The van der Waals surface area contributed by atoms with E-state index < -0.39 is 10.0 Å². The van der Waals surface area contributed by atoms with Crippen LogP contribution in [-0.4, -0.2) is 32.4 Å². The lowest BCUT2D eigenvalue weighted by Crippen LogP contribution is -2.40. The van der Waals surface area contributed by atoms with Crippen LogP contribution in [0, 0.1) is 19.8 Å². The summed E-state index contributed by atoms with van der Waals surface area (Å²) >= 11 is 0. The Morgan fingerprint density at radius 1 is 1.10 bits per heavy atom. The largest absolute Gasteiger partial charge is 0.388 e. The fourth-order valence-electron chi connectivity index (χ4n) is 2.57. The predicted octanol–water partition coefficient (Wildman–Crippen LogP) is 3.40. The molecule has 4 nitrogen and oxygen atoms in total. The van der Waals surface area contributed by atoms with Crippen molar-refractivity contribution in [1.82, 2.24) is 4.31 Å². The molecule has 21 heavy (non-hydrogen) atoms. The molecule has 5 heteroatoms. The normalized spacial score (nSPS) is 12.5.